The van der Waals surface area contributed by atoms with E-state index < -0.39 is 5.54 Å². The van der Waals surface area contributed by atoms with E-state index in [9.17, 15) is 4.79 Å². The average Bonchev–Trinajstić information content (AvgIpc) is 2.33. The number of ether oxygens (including phenoxy) is 1. The van der Waals surface area contributed by atoms with Gasteiger partial charge in [-0.1, -0.05) is 15.9 Å². The molecule has 0 aromatic heterocycles. The van der Waals surface area contributed by atoms with Crippen LogP contribution in [0.5, 0.6) is 0 Å². The molecule has 1 aliphatic heterocycles. The number of rotatable bonds is 2. The van der Waals surface area contributed by atoms with Crippen LogP contribution in [0.3, 0.4) is 0 Å². The quantitative estimate of drug-likeness (QED) is 0.862. The molecule has 1 fully saturated rings. The Bertz CT molecular complexity index is 462. The van der Waals surface area contributed by atoms with E-state index in [-0.39, 0.29) is 18.3 Å². The molecular weight excluding hydrogens is 332 g/mol. The summed E-state index contributed by atoms with van der Waals surface area (Å²) >= 11 is 3.40. The summed E-state index contributed by atoms with van der Waals surface area (Å²) in [5.74, 6) is -0.128. The monoisotopic (exact) mass is 348 g/mol. The molecule has 6 heteroatoms. The average molecular weight is 350 g/mol. The van der Waals surface area contributed by atoms with Gasteiger partial charge in [0.15, 0.2) is 0 Å². The molecule has 1 amide bonds. The Morgan fingerprint density at radius 3 is 2.63 bits per heavy atom. The van der Waals surface area contributed by atoms with Gasteiger partial charge in [0.05, 0.1) is 0 Å². The first-order valence-electron chi connectivity index (χ1n) is 5.95. The molecule has 0 aliphatic carbocycles. The number of anilines is 1. The summed E-state index contributed by atoms with van der Waals surface area (Å²) in [6, 6.07) is 5.73. The predicted molar refractivity (Wildman–Crippen MR) is 81.7 cm³/mol. The number of nitrogens with two attached hydrogens (primary N) is 1. The van der Waals surface area contributed by atoms with E-state index in [0.717, 1.165) is 15.7 Å². The van der Waals surface area contributed by atoms with E-state index in [1.54, 1.807) is 0 Å². The molecule has 0 spiro atoms. The number of amides is 1. The van der Waals surface area contributed by atoms with Crippen LogP contribution in [0.25, 0.3) is 0 Å². The van der Waals surface area contributed by atoms with Gasteiger partial charge in [-0.15, -0.1) is 12.4 Å². The number of benzene rings is 1. The van der Waals surface area contributed by atoms with Crippen LogP contribution in [-0.2, 0) is 9.53 Å². The van der Waals surface area contributed by atoms with E-state index in [2.05, 4.69) is 21.2 Å². The standard InChI is InChI=1S/C13H17BrN2O2.ClH/c1-9-8-10(14)2-3-11(9)16-12(17)13(15)4-6-18-7-5-13;/h2-3,8H,4-7,15H2,1H3,(H,16,17);1H. The summed E-state index contributed by atoms with van der Waals surface area (Å²) in [5, 5.41) is 2.91. The highest BCUT2D eigenvalue weighted by Crippen LogP contribution is 2.23. The highest BCUT2D eigenvalue weighted by molar-refractivity contribution is 9.10. The van der Waals surface area contributed by atoms with Crippen molar-refractivity contribution in [2.75, 3.05) is 18.5 Å². The van der Waals surface area contributed by atoms with Crippen LogP contribution in [0.2, 0.25) is 0 Å². The fourth-order valence-corrected chi connectivity index (χ4v) is 2.45. The van der Waals surface area contributed by atoms with Crippen molar-refractivity contribution < 1.29 is 9.53 Å². The van der Waals surface area contributed by atoms with Crippen molar-refractivity contribution in [1.29, 1.82) is 0 Å². The van der Waals surface area contributed by atoms with Crippen LogP contribution in [0.1, 0.15) is 18.4 Å². The number of carbonyl (C=O) groups excluding carboxylic acids is 1. The maximum absolute atomic E-state index is 12.2. The largest absolute Gasteiger partial charge is 0.381 e. The van der Waals surface area contributed by atoms with Crippen LogP contribution in [0.4, 0.5) is 5.69 Å². The van der Waals surface area contributed by atoms with Gasteiger partial charge in [-0.25, -0.2) is 0 Å². The molecule has 0 atom stereocenters. The van der Waals surface area contributed by atoms with Crippen molar-refractivity contribution in [2.24, 2.45) is 5.73 Å². The van der Waals surface area contributed by atoms with Gasteiger partial charge in [0.2, 0.25) is 5.91 Å². The van der Waals surface area contributed by atoms with Crippen LogP contribution in [-0.4, -0.2) is 24.7 Å². The molecule has 0 bridgehead atoms. The minimum Gasteiger partial charge on any atom is -0.381 e. The molecule has 1 heterocycles. The highest BCUT2D eigenvalue weighted by atomic mass is 79.9. The molecule has 1 aromatic carbocycles. The van der Waals surface area contributed by atoms with Crippen molar-refractivity contribution in [1.82, 2.24) is 0 Å². The molecule has 0 unspecified atom stereocenters. The third-order valence-corrected chi connectivity index (χ3v) is 3.77. The fraction of sp³-hybridized carbons (Fsp3) is 0.462. The zero-order valence-electron chi connectivity index (χ0n) is 10.7. The highest BCUT2D eigenvalue weighted by Gasteiger charge is 2.36. The number of carbonyl (C=O) groups is 1. The second-order valence-corrected chi connectivity index (χ2v) is 5.60. The van der Waals surface area contributed by atoms with Crippen LogP contribution in [0, 0.1) is 6.92 Å². The van der Waals surface area contributed by atoms with Gasteiger partial charge in [0.25, 0.3) is 0 Å². The third-order valence-electron chi connectivity index (χ3n) is 3.27. The van der Waals surface area contributed by atoms with Crippen LogP contribution >= 0.6 is 28.3 Å². The third kappa shape index (κ3) is 3.92. The maximum Gasteiger partial charge on any atom is 0.244 e. The first-order valence-corrected chi connectivity index (χ1v) is 6.75. The molecular formula is C13H18BrClN2O2. The SMILES string of the molecule is Cc1cc(Br)ccc1NC(=O)C1(N)CCOCC1.Cl. The summed E-state index contributed by atoms with van der Waals surface area (Å²) in [7, 11) is 0. The van der Waals surface area contributed by atoms with Gasteiger partial charge in [-0.3, -0.25) is 4.79 Å². The summed E-state index contributed by atoms with van der Waals surface area (Å²) in [5.41, 5.74) is 7.13. The Morgan fingerprint density at radius 2 is 2.05 bits per heavy atom. The second-order valence-electron chi connectivity index (χ2n) is 4.68. The van der Waals surface area contributed by atoms with E-state index >= 15 is 0 Å². The minimum absolute atomic E-state index is 0. The first kappa shape index (κ1) is 16.4. The predicted octanol–water partition coefficient (Wildman–Crippen LogP) is 2.63. The molecule has 2 rings (SSSR count). The van der Waals surface area contributed by atoms with Crippen molar-refractivity contribution in [3.8, 4) is 0 Å². The van der Waals surface area contributed by atoms with Gasteiger partial charge in [-0.2, -0.15) is 0 Å². The molecule has 19 heavy (non-hydrogen) atoms. The zero-order valence-corrected chi connectivity index (χ0v) is 13.1. The van der Waals surface area contributed by atoms with Gasteiger partial charge in [0.1, 0.15) is 5.54 Å². The van der Waals surface area contributed by atoms with E-state index in [4.69, 9.17) is 10.5 Å². The number of aryl methyl sites for hydroxylation is 1. The molecule has 1 aliphatic rings. The van der Waals surface area contributed by atoms with Gasteiger partial charge >= 0.3 is 0 Å². The Morgan fingerprint density at radius 1 is 1.42 bits per heavy atom. The normalized spacial score (nSPS) is 17.4. The number of hydrogen-bond donors (Lipinski definition) is 2. The van der Waals surface area contributed by atoms with Crippen molar-refractivity contribution >= 4 is 39.9 Å². The lowest BCUT2D eigenvalue weighted by atomic mass is 9.90. The van der Waals surface area contributed by atoms with Crippen molar-refractivity contribution in [3.63, 3.8) is 0 Å². The van der Waals surface area contributed by atoms with E-state index in [0.29, 0.717) is 26.1 Å². The lowest BCUT2D eigenvalue weighted by Gasteiger charge is -2.32. The Labute approximate surface area is 127 Å². The van der Waals surface area contributed by atoms with Crippen LogP contribution in [0.15, 0.2) is 22.7 Å². The zero-order chi connectivity index (χ0) is 13.2. The molecule has 1 aromatic rings. The number of nitrogens with one attached hydrogen (secondary N) is 1. The summed E-state index contributed by atoms with van der Waals surface area (Å²) in [6.45, 7) is 3.04. The maximum atomic E-state index is 12.2. The molecule has 3 N–H and O–H groups in total. The topological polar surface area (TPSA) is 64.4 Å². The summed E-state index contributed by atoms with van der Waals surface area (Å²) < 4.78 is 6.23. The van der Waals surface area contributed by atoms with Gasteiger partial charge < -0.3 is 15.8 Å². The Balaban J connectivity index is 0.00000180. The molecule has 0 saturated carbocycles. The Hall–Kier alpha value is -0.620. The molecule has 1 saturated heterocycles. The van der Waals surface area contributed by atoms with Gasteiger partial charge in [0, 0.05) is 23.4 Å². The molecule has 106 valence electrons. The lowest BCUT2D eigenvalue weighted by Crippen LogP contribution is -2.54. The first-order chi connectivity index (χ1) is 8.51. The molecule has 4 nitrogen and oxygen atoms in total. The minimum atomic E-state index is -0.808. The smallest absolute Gasteiger partial charge is 0.244 e. The van der Waals surface area contributed by atoms with Crippen molar-refractivity contribution in [3.05, 3.63) is 28.2 Å². The fourth-order valence-electron chi connectivity index (χ4n) is 1.98. The van der Waals surface area contributed by atoms with E-state index in [1.807, 2.05) is 25.1 Å². The molecule has 0 radical (unpaired) electrons. The Kier molecular flexibility index (Phi) is 5.80. The van der Waals surface area contributed by atoms with Gasteiger partial charge in [-0.05, 0) is 43.5 Å². The summed E-state index contributed by atoms with van der Waals surface area (Å²) in [6.07, 6.45) is 1.13. The van der Waals surface area contributed by atoms with Crippen molar-refractivity contribution in [2.45, 2.75) is 25.3 Å². The van der Waals surface area contributed by atoms with E-state index in [1.165, 1.54) is 0 Å². The number of hydrogen-bond acceptors (Lipinski definition) is 3. The number of halogens is 2. The second kappa shape index (κ2) is 6.70. The lowest BCUT2D eigenvalue weighted by molar-refractivity contribution is -0.124. The van der Waals surface area contributed by atoms with Crippen LogP contribution < -0.4 is 11.1 Å². The summed E-state index contributed by atoms with van der Waals surface area (Å²) in [4.78, 5) is 12.2.